The molecule has 1 aromatic rings. The molecule has 1 aliphatic heterocycles. The molecule has 0 saturated carbocycles. The number of aromatic nitrogens is 1. The lowest BCUT2D eigenvalue weighted by Crippen LogP contribution is -2.43. The van der Waals surface area contributed by atoms with Crippen molar-refractivity contribution in [1.29, 1.82) is 0 Å². The van der Waals surface area contributed by atoms with E-state index in [0.29, 0.717) is 18.8 Å². The Labute approximate surface area is 115 Å². The SMILES string of the molecule is CC1OCCC1(O)CNc1cc(C(=O)O)c(Cl)cn1. The Morgan fingerprint density at radius 3 is 3.05 bits per heavy atom. The van der Waals surface area contributed by atoms with E-state index >= 15 is 0 Å². The van der Waals surface area contributed by atoms with E-state index in [4.69, 9.17) is 21.4 Å². The normalized spacial score (nSPS) is 26.4. The zero-order chi connectivity index (χ0) is 14.0. The van der Waals surface area contributed by atoms with Gasteiger partial charge in [0.15, 0.2) is 0 Å². The minimum atomic E-state index is -1.12. The molecule has 2 rings (SSSR count). The second-order valence-electron chi connectivity index (χ2n) is 4.57. The summed E-state index contributed by atoms with van der Waals surface area (Å²) in [6.07, 6.45) is 1.53. The summed E-state index contributed by atoms with van der Waals surface area (Å²) in [7, 11) is 0. The second kappa shape index (κ2) is 5.32. The van der Waals surface area contributed by atoms with Crippen LogP contribution in [-0.4, -0.2) is 46.0 Å². The fourth-order valence-electron chi connectivity index (χ4n) is 1.95. The van der Waals surface area contributed by atoms with Gasteiger partial charge < -0.3 is 20.3 Å². The first kappa shape index (κ1) is 14.0. The number of anilines is 1. The molecule has 1 saturated heterocycles. The molecule has 2 unspecified atom stereocenters. The summed E-state index contributed by atoms with van der Waals surface area (Å²) in [5.74, 6) is -0.763. The summed E-state index contributed by atoms with van der Waals surface area (Å²) in [6.45, 7) is 2.54. The highest BCUT2D eigenvalue weighted by Crippen LogP contribution is 2.26. The molecule has 0 amide bonds. The van der Waals surface area contributed by atoms with Crippen molar-refractivity contribution in [3.8, 4) is 0 Å². The Hall–Kier alpha value is -1.37. The molecule has 1 aromatic heterocycles. The Bertz CT molecular complexity index is 497. The molecular weight excluding hydrogens is 272 g/mol. The number of nitrogens with zero attached hydrogens (tertiary/aromatic N) is 1. The summed E-state index contributed by atoms with van der Waals surface area (Å²) >= 11 is 5.73. The Morgan fingerprint density at radius 2 is 2.47 bits per heavy atom. The van der Waals surface area contributed by atoms with Gasteiger partial charge in [-0.3, -0.25) is 0 Å². The highest BCUT2D eigenvalue weighted by atomic mass is 35.5. The number of pyridine rings is 1. The van der Waals surface area contributed by atoms with Crippen LogP contribution in [0, 0.1) is 0 Å². The monoisotopic (exact) mass is 286 g/mol. The highest BCUT2D eigenvalue weighted by molar-refractivity contribution is 6.33. The minimum absolute atomic E-state index is 0.0260. The van der Waals surface area contributed by atoms with E-state index in [0.717, 1.165) is 0 Å². The molecule has 0 bridgehead atoms. The average Bonchev–Trinajstić information content (AvgIpc) is 2.69. The Kier molecular flexibility index (Phi) is 3.93. The smallest absolute Gasteiger partial charge is 0.337 e. The van der Waals surface area contributed by atoms with E-state index in [1.807, 2.05) is 0 Å². The van der Waals surface area contributed by atoms with Crippen molar-refractivity contribution < 1.29 is 19.7 Å². The van der Waals surface area contributed by atoms with Crippen molar-refractivity contribution in [2.45, 2.75) is 25.0 Å². The number of ether oxygens (including phenoxy) is 1. The van der Waals surface area contributed by atoms with Crippen LogP contribution in [0.3, 0.4) is 0 Å². The zero-order valence-electron chi connectivity index (χ0n) is 10.4. The molecular formula is C12H15ClN2O4. The Balaban J connectivity index is 2.08. The summed E-state index contributed by atoms with van der Waals surface area (Å²) in [6, 6.07) is 1.34. The number of aromatic carboxylic acids is 1. The molecule has 7 heteroatoms. The van der Waals surface area contributed by atoms with Crippen LogP contribution in [-0.2, 0) is 4.74 Å². The van der Waals surface area contributed by atoms with Crippen LogP contribution < -0.4 is 5.32 Å². The number of hydrogen-bond acceptors (Lipinski definition) is 5. The van der Waals surface area contributed by atoms with Crippen LogP contribution in [0.5, 0.6) is 0 Å². The van der Waals surface area contributed by atoms with Crippen molar-refractivity contribution in [1.82, 2.24) is 4.98 Å². The third-order valence-corrected chi connectivity index (χ3v) is 3.62. The van der Waals surface area contributed by atoms with Crippen molar-refractivity contribution >= 4 is 23.4 Å². The molecule has 0 aromatic carbocycles. The van der Waals surface area contributed by atoms with Gasteiger partial charge in [0.05, 0.1) is 16.7 Å². The van der Waals surface area contributed by atoms with E-state index in [1.165, 1.54) is 12.3 Å². The van der Waals surface area contributed by atoms with Crippen molar-refractivity contribution in [2.75, 3.05) is 18.5 Å². The first-order valence-corrected chi connectivity index (χ1v) is 6.27. The maximum Gasteiger partial charge on any atom is 0.337 e. The largest absolute Gasteiger partial charge is 0.478 e. The lowest BCUT2D eigenvalue weighted by molar-refractivity contribution is -0.0176. The zero-order valence-corrected chi connectivity index (χ0v) is 11.1. The Morgan fingerprint density at radius 1 is 1.74 bits per heavy atom. The molecule has 3 N–H and O–H groups in total. The van der Waals surface area contributed by atoms with Gasteiger partial charge in [-0.2, -0.15) is 0 Å². The third kappa shape index (κ3) is 2.97. The van der Waals surface area contributed by atoms with E-state index < -0.39 is 11.6 Å². The van der Waals surface area contributed by atoms with Crippen molar-refractivity contribution in [3.05, 3.63) is 22.8 Å². The fraction of sp³-hybridized carbons (Fsp3) is 0.500. The lowest BCUT2D eigenvalue weighted by Gasteiger charge is -2.26. The lowest BCUT2D eigenvalue weighted by atomic mass is 9.97. The van der Waals surface area contributed by atoms with E-state index in [9.17, 15) is 9.90 Å². The molecule has 0 radical (unpaired) electrons. The predicted octanol–water partition coefficient (Wildman–Crippen LogP) is 1.38. The maximum absolute atomic E-state index is 10.9. The predicted molar refractivity (Wildman–Crippen MR) is 69.7 cm³/mol. The van der Waals surface area contributed by atoms with Gasteiger partial charge in [0.2, 0.25) is 0 Å². The second-order valence-corrected chi connectivity index (χ2v) is 4.98. The summed E-state index contributed by atoms with van der Waals surface area (Å²) in [5, 5.41) is 22.2. The molecule has 1 aliphatic rings. The van der Waals surface area contributed by atoms with Crippen LogP contribution in [0.2, 0.25) is 5.02 Å². The van der Waals surface area contributed by atoms with Crippen LogP contribution >= 0.6 is 11.6 Å². The van der Waals surface area contributed by atoms with Gasteiger partial charge in [-0.25, -0.2) is 9.78 Å². The van der Waals surface area contributed by atoms with Gasteiger partial charge in [-0.1, -0.05) is 11.6 Å². The van der Waals surface area contributed by atoms with Crippen LogP contribution in [0.25, 0.3) is 0 Å². The standard InChI is InChI=1S/C12H15ClN2O4/c1-7-12(18,2-3-19-7)6-15-10-4-8(11(16)17)9(13)5-14-10/h4-5,7,18H,2-3,6H2,1H3,(H,14,15)(H,16,17). The maximum atomic E-state index is 10.9. The summed E-state index contributed by atoms with van der Waals surface area (Å²) in [4.78, 5) is 14.9. The molecule has 0 aliphatic carbocycles. The van der Waals surface area contributed by atoms with E-state index in [-0.39, 0.29) is 23.2 Å². The first-order chi connectivity index (χ1) is 8.92. The third-order valence-electron chi connectivity index (χ3n) is 3.32. The molecule has 19 heavy (non-hydrogen) atoms. The van der Waals surface area contributed by atoms with Crippen molar-refractivity contribution in [3.63, 3.8) is 0 Å². The molecule has 2 heterocycles. The number of rotatable bonds is 4. The molecule has 0 spiro atoms. The van der Waals surface area contributed by atoms with Gasteiger partial charge in [-0.05, 0) is 13.0 Å². The van der Waals surface area contributed by atoms with Crippen LogP contribution in [0.1, 0.15) is 23.7 Å². The number of halogens is 1. The van der Waals surface area contributed by atoms with E-state index in [2.05, 4.69) is 10.3 Å². The van der Waals surface area contributed by atoms with Gasteiger partial charge in [0.25, 0.3) is 0 Å². The highest BCUT2D eigenvalue weighted by Gasteiger charge is 2.39. The number of aliphatic hydroxyl groups is 1. The van der Waals surface area contributed by atoms with Gasteiger partial charge in [0, 0.05) is 25.8 Å². The van der Waals surface area contributed by atoms with Crippen LogP contribution in [0.15, 0.2) is 12.3 Å². The van der Waals surface area contributed by atoms with Crippen LogP contribution in [0.4, 0.5) is 5.82 Å². The van der Waals surface area contributed by atoms with Gasteiger partial charge in [-0.15, -0.1) is 0 Å². The number of hydrogen-bond donors (Lipinski definition) is 3. The number of carboxylic acids is 1. The topological polar surface area (TPSA) is 91.7 Å². The number of carbonyl (C=O) groups is 1. The molecule has 104 valence electrons. The van der Waals surface area contributed by atoms with Crippen molar-refractivity contribution in [2.24, 2.45) is 0 Å². The average molecular weight is 287 g/mol. The van der Waals surface area contributed by atoms with Gasteiger partial charge >= 0.3 is 5.97 Å². The number of nitrogens with one attached hydrogen (secondary N) is 1. The van der Waals surface area contributed by atoms with E-state index in [1.54, 1.807) is 6.92 Å². The summed E-state index contributed by atoms with van der Waals surface area (Å²) < 4.78 is 5.31. The first-order valence-electron chi connectivity index (χ1n) is 5.89. The fourth-order valence-corrected chi connectivity index (χ4v) is 2.13. The molecule has 1 fully saturated rings. The quantitative estimate of drug-likeness (QED) is 0.775. The number of carboxylic acid groups (broad SMARTS) is 1. The summed E-state index contributed by atoms with van der Waals surface area (Å²) in [5.41, 5.74) is -0.994. The molecule has 6 nitrogen and oxygen atoms in total. The minimum Gasteiger partial charge on any atom is -0.478 e. The van der Waals surface area contributed by atoms with Gasteiger partial charge in [0.1, 0.15) is 11.4 Å². The molecule has 2 atom stereocenters.